The van der Waals surface area contributed by atoms with Gasteiger partial charge in [0.15, 0.2) is 5.75 Å². The van der Waals surface area contributed by atoms with Crippen molar-refractivity contribution < 1.29 is 18.4 Å². The number of aromatic hydroxyl groups is 1. The minimum absolute atomic E-state index is 0.0411. The number of pyridine rings is 1. The number of methoxy groups -OCH3 is 1. The van der Waals surface area contributed by atoms with Gasteiger partial charge in [-0.1, -0.05) is 25.1 Å². The zero-order valence-electron chi connectivity index (χ0n) is 18.6. The van der Waals surface area contributed by atoms with Crippen LogP contribution in [0, 0.1) is 5.82 Å². The number of phenols is 1. The first-order chi connectivity index (χ1) is 15.8. The topological polar surface area (TPSA) is 92.6 Å². The highest BCUT2D eigenvalue weighted by Gasteiger charge is 2.44. The number of nitrogens with zero attached hydrogens (tertiary/aromatic N) is 1. The third-order valence-corrected chi connectivity index (χ3v) is 7.30. The Bertz CT molecular complexity index is 1280. The summed E-state index contributed by atoms with van der Waals surface area (Å²) in [5.74, 6) is 0.195. The third-order valence-electron chi connectivity index (χ3n) is 5.83. The molecular weight excluding hydrogens is 445 g/mol. The number of nitrogens with one attached hydrogen (secondary N) is 2. The number of ether oxygens (including phenoxy) is 1. The fourth-order valence-corrected chi connectivity index (χ4v) is 5.17. The van der Waals surface area contributed by atoms with Gasteiger partial charge in [-0.25, -0.2) is 8.60 Å². The van der Waals surface area contributed by atoms with Gasteiger partial charge in [-0.2, -0.15) is 0 Å². The number of anilines is 3. The van der Waals surface area contributed by atoms with Crippen LogP contribution in [-0.4, -0.2) is 26.2 Å². The van der Waals surface area contributed by atoms with Gasteiger partial charge in [-0.3, -0.25) is 14.1 Å². The summed E-state index contributed by atoms with van der Waals surface area (Å²) in [5.41, 5.74) is 1.90. The van der Waals surface area contributed by atoms with Crippen molar-refractivity contribution in [1.29, 1.82) is 0 Å². The van der Waals surface area contributed by atoms with E-state index < -0.39 is 16.8 Å². The van der Waals surface area contributed by atoms with Gasteiger partial charge in [0.25, 0.3) is 5.56 Å². The molecule has 2 aromatic carbocycles. The highest BCUT2D eigenvalue weighted by molar-refractivity contribution is 7.87. The molecule has 33 heavy (non-hydrogen) atoms. The predicted molar refractivity (Wildman–Crippen MR) is 128 cm³/mol. The minimum atomic E-state index is -1.52. The van der Waals surface area contributed by atoms with Crippen molar-refractivity contribution in [3.63, 3.8) is 0 Å². The van der Waals surface area contributed by atoms with Gasteiger partial charge in [0.05, 0.1) is 18.0 Å². The van der Waals surface area contributed by atoms with Gasteiger partial charge in [0.2, 0.25) is 0 Å². The lowest BCUT2D eigenvalue weighted by Gasteiger charge is -2.20. The normalized spacial score (nSPS) is 17.9. The molecule has 1 aliphatic carbocycles. The smallest absolute Gasteiger partial charge is 0.255 e. The van der Waals surface area contributed by atoms with Crippen molar-refractivity contribution in [3.8, 4) is 11.5 Å². The Morgan fingerprint density at radius 2 is 2.03 bits per heavy atom. The van der Waals surface area contributed by atoms with Gasteiger partial charge in [0.1, 0.15) is 34.1 Å². The molecule has 174 valence electrons. The van der Waals surface area contributed by atoms with Crippen LogP contribution < -0.4 is 20.3 Å². The van der Waals surface area contributed by atoms with E-state index in [4.69, 9.17) is 4.74 Å². The van der Waals surface area contributed by atoms with E-state index in [0.717, 1.165) is 11.1 Å². The van der Waals surface area contributed by atoms with Crippen LogP contribution in [0.25, 0.3) is 0 Å². The second kappa shape index (κ2) is 9.27. The summed E-state index contributed by atoms with van der Waals surface area (Å²) in [6, 6.07) is 13.1. The van der Waals surface area contributed by atoms with Gasteiger partial charge in [-0.15, -0.1) is 0 Å². The maximum absolute atomic E-state index is 14.7. The molecule has 1 fully saturated rings. The molecule has 0 amide bonds. The summed E-state index contributed by atoms with van der Waals surface area (Å²) in [5, 5.41) is 12.5. The molecule has 1 heterocycles. The van der Waals surface area contributed by atoms with Crippen LogP contribution in [-0.2, 0) is 24.5 Å². The third kappa shape index (κ3) is 4.73. The lowest BCUT2D eigenvalue weighted by Crippen LogP contribution is -2.22. The molecule has 3 N–H and O–H groups in total. The fraction of sp³-hybridized carbons (Fsp3) is 0.292. The Morgan fingerprint density at radius 1 is 1.24 bits per heavy atom. The molecule has 1 saturated carbocycles. The van der Waals surface area contributed by atoms with Crippen molar-refractivity contribution in [2.45, 2.75) is 30.9 Å². The van der Waals surface area contributed by atoms with Crippen molar-refractivity contribution >= 4 is 28.2 Å². The molecule has 0 radical (unpaired) electrons. The second-order valence-corrected chi connectivity index (χ2v) is 9.41. The average Bonchev–Trinajstić information content (AvgIpc) is 3.60. The molecule has 0 bridgehead atoms. The highest BCUT2D eigenvalue weighted by Crippen LogP contribution is 2.46. The first kappa shape index (κ1) is 22.8. The van der Waals surface area contributed by atoms with Gasteiger partial charge in [0, 0.05) is 19.0 Å². The van der Waals surface area contributed by atoms with E-state index in [1.165, 1.54) is 23.8 Å². The number of benzene rings is 2. The zero-order valence-corrected chi connectivity index (χ0v) is 19.4. The Hall–Kier alpha value is -3.33. The van der Waals surface area contributed by atoms with E-state index in [0.29, 0.717) is 18.5 Å². The van der Waals surface area contributed by atoms with E-state index >= 15 is 0 Å². The molecule has 1 aromatic heterocycles. The number of phenolic OH excluding ortho intramolecular Hbond substituents is 1. The number of halogens is 1. The molecule has 4 rings (SSSR count). The number of aromatic nitrogens is 1. The molecule has 1 aliphatic rings. The Balaban J connectivity index is 1.64. The van der Waals surface area contributed by atoms with Crippen molar-refractivity contribution in [2.75, 3.05) is 17.1 Å². The Kier molecular flexibility index (Phi) is 6.42. The number of hydrogen-bond donors (Lipinski definition) is 3. The van der Waals surface area contributed by atoms with Crippen LogP contribution in [0.5, 0.6) is 11.5 Å². The van der Waals surface area contributed by atoms with Crippen molar-refractivity contribution in [1.82, 2.24) is 4.57 Å². The summed E-state index contributed by atoms with van der Waals surface area (Å²) in [7, 11) is 1.44. The van der Waals surface area contributed by atoms with Crippen LogP contribution in [0.15, 0.2) is 53.3 Å². The largest absolute Gasteiger partial charge is 0.508 e. The minimum Gasteiger partial charge on any atom is -0.508 e. The molecule has 3 aromatic rings. The van der Waals surface area contributed by atoms with Crippen molar-refractivity contribution in [3.05, 3.63) is 75.8 Å². The number of hydrogen-bond acceptors (Lipinski definition) is 5. The van der Waals surface area contributed by atoms with Gasteiger partial charge < -0.3 is 15.2 Å². The highest BCUT2D eigenvalue weighted by atomic mass is 32.2. The van der Waals surface area contributed by atoms with Gasteiger partial charge in [-0.05, 0) is 48.2 Å². The summed E-state index contributed by atoms with van der Waals surface area (Å²) in [4.78, 5) is 12.5. The van der Waals surface area contributed by atoms with E-state index in [1.54, 1.807) is 37.4 Å². The molecule has 7 nitrogen and oxygen atoms in total. The van der Waals surface area contributed by atoms with E-state index in [-0.39, 0.29) is 39.7 Å². The van der Waals surface area contributed by atoms with E-state index in [2.05, 4.69) is 10.0 Å². The summed E-state index contributed by atoms with van der Waals surface area (Å²) < 4.78 is 37.5. The lowest BCUT2D eigenvalue weighted by atomic mass is 10.1. The molecule has 0 saturated heterocycles. The fourth-order valence-electron chi connectivity index (χ4n) is 3.78. The summed E-state index contributed by atoms with van der Waals surface area (Å²) >= 11 is 0. The maximum atomic E-state index is 14.7. The molecule has 0 aliphatic heterocycles. The first-order valence-corrected chi connectivity index (χ1v) is 11.8. The molecule has 3 unspecified atom stereocenters. The van der Waals surface area contributed by atoms with Crippen molar-refractivity contribution in [2.24, 2.45) is 7.05 Å². The molecule has 3 atom stereocenters. The summed E-state index contributed by atoms with van der Waals surface area (Å²) in [6.07, 6.45) is 1.38. The van der Waals surface area contributed by atoms with E-state index in [1.807, 2.05) is 13.0 Å². The van der Waals surface area contributed by atoms with Crippen LogP contribution in [0.4, 0.5) is 21.6 Å². The van der Waals surface area contributed by atoms with Crippen LogP contribution >= 0.6 is 0 Å². The number of rotatable bonds is 8. The SMILES string of the molecule is CCc1ccc(Nc2c(NS(=O)C3CC3c3cccc(O)c3)c(OC)cc(=O)n2C)c(F)c1. The van der Waals surface area contributed by atoms with Crippen LogP contribution in [0.2, 0.25) is 0 Å². The predicted octanol–water partition coefficient (Wildman–Crippen LogP) is 4.18. The maximum Gasteiger partial charge on any atom is 0.255 e. The van der Waals surface area contributed by atoms with E-state index in [9.17, 15) is 18.5 Å². The second-order valence-electron chi connectivity index (χ2n) is 8.00. The quantitative estimate of drug-likeness (QED) is 0.459. The average molecular weight is 472 g/mol. The standard InChI is InChI=1S/C24H26FN3O4S/c1-4-14-8-9-19(18(25)10-14)26-24-23(20(32-3)13-22(30)28(24)2)27-33(31)21-12-17(21)15-6-5-7-16(29)11-15/h5-11,13,17,21,26-27,29H,4,12H2,1-3H3. The molecule has 9 heteroatoms. The van der Waals surface area contributed by atoms with Crippen LogP contribution in [0.3, 0.4) is 0 Å². The monoisotopic (exact) mass is 471 g/mol. The zero-order chi connectivity index (χ0) is 23.7. The molecular formula is C24H26FN3O4S. The van der Waals surface area contributed by atoms with Gasteiger partial charge >= 0.3 is 0 Å². The number of aryl methyl sites for hydroxylation is 1. The van der Waals surface area contributed by atoms with Crippen LogP contribution in [0.1, 0.15) is 30.4 Å². The Morgan fingerprint density at radius 3 is 2.70 bits per heavy atom. The first-order valence-electron chi connectivity index (χ1n) is 10.6. The summed E-state index contributed by atoms with van der Waals surface area (Å²) in [6.45, 7) is 1.94. The lowest BCUT2D eigenvalue weighted by molar-refractivity contribution is 0.415. The molecule has 0 spiro atoms. The Labute approximate surface area is 193 Å².